The number of rotatable bonds is 6. The van der Waals surface area contributed by atoms with E-state index < -0.39 is 16.0 Å². The van der Waals surface area contributed by atoms with Crippen LogP contribution < -0.4 is 9.46 Å². The summed E-state index contributed by atoms with van der Waals surface area (Å²) in [6, 6.07) is 12.4. The molecule has 0 saturated heterocycles. The molecular formula is C18H13N3O5S2. The number of hydrogen-bond acceptors (Lipinski definition) is 7. The van der Waals surface area contributed by atoms with Crippen molar-refractivity contribution >= 4 is 33.0 Å². The van der Waals surface area contributed by atoms with Gasteiger partial charge in [0, 0.05) is 10.9 Å². The van der Waals surface area contributed by atoms with Crippen molar-refractivity contribution in [2.75, 3.05) is 11.8 Å². The van der Waals surface area contributed by atoms with Crippen LogP contribution in [-0.2, 0) is 10.0 Å². The highest BCUT2D eigenvalue weighted by atomic mass is 32.2. The summed E-state index contributed by atoms with van der Waals surface area (Å²) < 4.78 is 32.7. The molecule has 0 fully saturated rings. The minimum Gasteiger partial charge on any atom is -0.495 e. The molecule has 0 saturated carbocycles. The quantitative estimate of drug-likeness (QED) is 0.632. The highest BCUT2D eigenvalue weighted by molar-refractivity contribution is 7.92. The lowest BCUT2D eigenvalue weighted by molar-refractivity contribution is 0.0696. The number of nitrogens with zero attached hydrogens (tertiary/aromatic N) is 2. The van der Waals surface area contributed by atoms with Gasteiger partial charge >= 0.3 is 5.97 Å². The van der Waals surface area contributed by atoms with Crippen LogP contribution in [0.2, 0.25) is 0 Å². The van der Waals surface area contributed by atoms with Crippen molar-refractivity contribution in [1.82, 2.24) is 4.98 Å². The van der Waals surface area contributed by atoms with Gasteiger partial charge in [0.2, 0.25) is 0 Å². The van der Waals surface area contributed by atoms with Crippen molar-refractivity contribution in [3.05, 3.63) is 59.0 Å². The molecule has 0 atom stereocenters. The molecule has 0 spiro atoms. The molecule has 3 rings (SSSR count). The van der Waals surface area contributed by atoms with Crippen molar-refractivity contribution in [3.63, 3.8) is 0 Å². The number of aromatic nitrogens is 1. The van der Waals surface area contributed by atoms with Gasteiger partial charge in [-0.25, -0.2) is 9.78 Å². The van der Waals surface area contributed by atoms with E-state index in [0.717, 1.165) is 11.3 Å². The van der Waals surface area contributed by atoms with Crippen molar-refractivity contribution in [1.29, 1.82) is 5.26 Å². The SMILES string of the molecule is COc1cc(C(=O)O)ccc1NS(=O)(=O)c1csc(-c2ccc(C#N)cc2)n1. The van der Waals surface area contributed by atoms with E-state index in [9.17, 15) is 13.2 Å². The maximum absolute atomic E-state index is 12.7. The molecule has 142 valence electrons. The van der Waals surface area contributed by atoms with E-state index in [1.807, 2.05) is 6.07 Å². The van der Waals surface area contributed by atoms with E-state index in [4.69, 9.17) is 15.1 Å². The fourth-order valence-electron chi connectivity index (χ4n) is 2.31. The Morgan fingerprint density at radius 2 is 1.96 bits per heavy atom. The second kappa shape index (κ2) is 7.67. The van der Waals surface area contributed by atoms with Crippen LogP contribution in [0.1, 0.15) is 15.9 Å². The lowest BCUT2D eigenvalue weighted by Crippen LogP contribution is -2.14. The second-order valence-corrected chi connectivity index (χ2v) is 7.99. The average Bonchev–Trinajstić information content (AvgIpc) is 3.19. The zero-order valence-corrected chi connectivity index (χ0v) is 16.0. The van der Waals surface area contributed by atoms with E-state index in [-0.39, 0.29) is 22.0 Å². The third kappa shape index (κ3) is 3.95. The van der Waals surface area contributed by atoms with Crippen molar-refractivity contribution in [2.45, 2.75) is 5.03 Å². The zero-order chi connectivity index (χ0) is 20.3. The Morgan fingerprint density at radius 3 is 2.57 bits per heavy atom. The van der Waals surface area contributed by atoms with Gasteiger partial charge in [0.15, 0.2) is 5.03 Å². The van der Waals surface area contributed by atoms with E-state index >= 15 is 0 Å². The van der Waals surface area contributed by atoms with Gasteiger partial charge in [-0.3, -0.25) is 4.72 Å². The monoisotopic (exact) mass is 415 g/mol. The number of nitrogens with one attached hydrogen (secondary N) is 1. The summed E-state index contributed by atoms with van der Waals surface area (Å²) in [4.78, 5) is 15.2. The number of carboxylic acid groups (broad SMARTS) is 1. The number of sulfonamides is 1. The number of methoxy groups -OCH3 is 1. The third-order valence-corrected chi connectivity index (χ3v) is 6.00. The van der Waals surface area contributed by atoms with Gasteiger partial charge in [-0.1, -0.05) is 12.1 Å². The largest absolute Gasteiger partial charge is 0.495 e. The summed E-state index contributed by atoms with van der Waals surface area (Å²) in [5, 5.41) is 19.6. The van der Waals surface area contributed by atoms with Crippen LogP contribution in [0, 0.1) is 11.3 Å². The summed E-state index contributed by atoms with van der Waals surface area (Å²) in [6.45, 7) is 0. The predicted octanol–water partition coefficient (Wildman–Crippen LogP) is 3.19. The molecule has 0 amide bonds. The van der Waals surface area contributed by atoms with Gasteiger partial charge in [0.05, 0.1) is 30.0 Å². The minimum atomic E-state index is -4.01. The average molecular weight is 415 g/mol. The number of carboxylic acids is 1. The summed E-state index contributed by atoms with van der Waals surface area (Å²) in [5.74, 6) is -1.08. The molecule has 10 heteroatoms. The first-order chi connectivity index (χ1) is 13.3. The number of carbonyl (C=O) groups is 1. The Kier molecular flexibility index (Phi) is 5.30. The van der Waals surface area contributed by atoms with Crippen molar-refractivity contribution in [2.24, 2.45) is 0 Å². The van der Waals surface area contributed by atoms with Crippen LogP contribution in [0.25, 0.3) is 10.6 Å². The van der Waals surface area contributed by atoms with Crippen LogP contribution in [0.3, 0.4) is 0 Å². The summed E-state index contributed by atoms with van der Waals surface area (Å²) >= 11 is 1.15. The van der Waals surface area contributed by atoms with Gasteiger partial charge in [-0.15, -0.1) is 11.3 Å². The Morgan fingerprint density at radius 1 is 1.25 bits per heavy atom. The molecule has 0 radical (unpaired) electrons. The molecule has 3 aromatic rings. The summed E-state index contributed by atoms with van der Waals surface area (Å²) in [7, 11) is -2.70. The van der Waals surface area contributed by atoms with Gasteiger partial charge in [0.1, 0.15) is 10.8 Å². The smallest absolute Gasteiger partial charge is 0.335 e. The van der Waals surface area contributed by atoms with Crippen LogP contribution in [0.15, 0.2) is 52.9 Å². The molecule has 0 unspecified atom stereocenters. The molecule has 1 aromatic heterocycles. The summed E-state index contributed by atoms with van der Waals surface area (Å²) in [6.07, 6.45) is 0. The van der Waals surface area contributed by atoms with Crippen molar-refractivity contribution in [3.8, 4) is 22.4 Å². The number of hydrogen-bond donors (Lipinski definition) is 2. The number of aromatic carboxylic acids is 1. The second-order valence-electron chi connectivity index (χ2n) is 5.51. The molecule has 0 bridgehead atoms. The topological polar surface area (TPSA) is 129 Å². The predicted molar refractivity (Wildman–Crippen MR) is 103 cm³/mol. The Balaban J connectivity index is 1.89. The van der Waals surface area contributed by atoms with E-state index in [1.165, 1.54) is 30.7 Å². The Hall–Kier alpha value is -3.42. The Bertz CT molecular complexity index is 1180. The molecular weight excluding hydrogens is 402 g/mol. The fraction of sp³-hybridized carbons (Fsp3) is 0.0556. The highest BCUT2D eigenvalue weighted by Crippen LogP contribution is 2.30. The maximum atomic E-state index is 12.7. The van der Waals surface area contributed by atoms with Crippen LogP contribution >= 0.6 is 11.3 Å². The van der Waals surface area contributed by atoms with E-state index in [1.54, 1.807) is 24.3 Å². The van der Waals surface area contributed by atoms with Crippen molar-refractivity contribution < 1.29 is 23.1 Å². The molecule has 2 N–H and O–H groups in total. The van der Waals surface area contributed by atoms with Gasteiger partial charge in [-0.05, 0) is 30.3 Å². The minimum absolute atomic E-state index is 0.0310. The molecule has 1 heterocycles. The zero-order valence-electron chi connectivity index (χ0n) is 14.4. The number of ether oxygens (including phenoxy) is 1. The first-order valence-electron chi connectivity index (χ1n) is 7.74. The highest BCUT2D eigenvalue weighted by Gasteiger charge is 2.21. The standard InChI is InChI=1S/C18H13N3O5S2/c1-26-15-8-13(18(22)23)6-7-14(15)21-28(24,25)16-10-27-17(20-16)12-4-2-11(9-19)3-5-12/h2-8,10,21H,1H3,(H,22,23). The number of nitriles is 1. The van der Waals surface area contributed by atoms with Gasteiger partial charge in [-0.2, -0.15) is 13.7 Å². The first-order valence-corrected chi connectivity index (χ1v) is 10.1. The number of thiazole rings is 1. The van der Waals surface area contributed by atoms with Crippen LogP contribution in [0.5, 0.6) is 5.75 Å². The van der Waals surface area contributed by atoms with Crippen LogP contribution in [0.4, 0.5) is 5.69 Å². The van der Waals surface area contributed by atoms with Crippen LogP contribution in [-0.4, -0.2) is 31.6 Å². The number of anilines is 1. The molecule has 0 aliphatic rings. The molecule has 2 aromatic carbocycles. The van der Waals surface area contributed by atoms with E-state index in [2.05, 4.69) is 9.71 Å². The molecule has 0 aliphatic heterocycles. The molecule has 28 heavy (non-hydrogen) atoms. The lowest BCUT2D eigenvalue weighted by atomic mass is 10.1. The van der Waals surface area contributed by atoms with Gasteiger partial charge in [0.25, 0.3) is 10.0 Å². The fourth-order valence-corrected chi connectivity index (χ4v) is 4.48. The maximum Gasteiger partial charge on any atom is 0.335 e. The Labute approximate surface area is 164 Å². The first kappa shape index (κ1) is 19.3. The van der Waals surface area contributed by atoms with E-state index in [0.29, 0.717) is 16.1 Å². The molecule has 8 nitrogen and oxygen atoms in total. The molecule has 0 aliphatic carbocycles. The summed E-state index contributed by atoms with van der Waals surface area (Å²) in [5.41, 5.74) is 1.25. The lowest BCUT2D eigenvalue weighted by Gasteiger charge is -2.11. The normalized spacial score (nSPS) is 10.9. The van der Waals surface area contributed by atoms with Gasteiger partial charge < -0.3 is 9.84 Å². The number of benzene rings is 2. The third-order valence-electron chi connectivity index (χ3n) is 3.71.